The summed E-state index contributed by atoms with van der Waals surface area (Å²) in [5, 5.41) is 0. The minimum Gasteiger partial charge on any atom is -0.353 e. The highest BCUT2D eigenvalue weighted by Crippen LogP contribution is 2.26. The van der Waals surface area contributed by atoms with E-state index in [0.717, 1.165) is 62.6 Å². The molecule has 0 saturated carbocycles. The topological polar surface area (TPSA) is 27.7 Å². The van der Waals surface area contributed by atoms with Crippen LogP contribution in [0.2, 0.25) is 0 Å². The fraction of sp³-hybridized carbons (Fsp3) is 1.00. The predicted molar refractivity (Wildman–Crippen MR) is 274 cm³/mol. The van der Waals surface area contributed by atoms with Crippen molar-refractivity contribution >= 4 is 0 Å². The molecule has 6 unspecified atom stereocenters. The molecule has 0 heterocycles. The Bertz CT molecular complexity index is 736. The number of ether oxygens (including phenoxy) is 3. The van der Waals surface area contributed by atoms with Gasteiger partial charge >= 0.3 is 0 Å². The molecular weight excluding hydrogens is 745 g/mol. The number of rotatable bonds is 52. The monoisotopic (exact) mass is 863 g/mol. The summed E-state index contributed by atoms with van der Waals surface area (Å²) in [6, 6.07) is 0. The van der Waals surface area contributed by atoms with Gasteiger partial charge in [-0.25, -0.2) is 0 Å². The highest BCUT2D eigenvalue weighted by Gasteiger charge is 2.20. The first-order valence-corrected chi connectivity index (χ1v) is 28.7. The van der Waals surface area contributed by atoms with Crippen LogP contribution < -0.4 is 0 Å². The summed E-state index contributed by atoms with van der Waals surface area (Å²) in [7, 11) is 0. The second-order valence-electron chi connectivity index (χ2n) is 21.0. The maximum atomic E-state index is 6.86. The fourth-order valence-electron chi connectivity index (χ4n) is 9.82. The number of unbranched alkanes of at least 4 members (excludes halogenated alkanes) is 28. The molecule has 0 N–H and O–H groups in total. The average molecular weight is 864 g/mol. The van der Waals surface area contributed by atoms with Crippen LogP contribution in [0.1, 0.15) is 325 Å². The summed E-state index contributed by atoms with van der Waals surface area (Å²) in [4.78, 5) is 0. The molecular formula is C58H118O3. The molecule has 0 bridgehead atoms. The maximum Gasteiger partial charge on any atom is 0.160 e. The minimum atomic E-state index is -0.139. The molecule has 0 saturated heterocycles. The van der Waals surface area contributed by atoms with Crippen LogP contribution in [0.3, 0.4) is 0 Å². The van der Waals surface area contributed by atoms with Crippen LogP contribution in [0.5, 0.6) is 0 Å². The van der Waals surface area contributed by atoms with Crippen LogP contribution in [0.4, 0.5) is 0 Å². The van der Waals surface area contributed by atoms with E-state index in [2.05, 4.69) is 55.4 Å². The smallest absolute Gasteiger partial charge is 0.160 e. The highest BCUT2D eigenvalue weighted by molar-refractivity contribution is 4.65. The molecule has 6 atom stereocenters. The summed E-state index contributed by atoms with van der Waals surface area (Å²) < 4.78 is 20.1. The molecule has 61 heavy (non-hydrogen) atoms. The zero-order valence-corrected chi connectivity index (χ0v) is 43.8. The lowest BCUT2D eigenvalue weighted by Gasteiger charge is -2.27. The van der Waals surface area contributed by atoms with Crippen molar-refractivity contribution in [2.75, 3.05) is 13.2 Å². The van der Waals surface area contributed by atoms with E-state index in [-0.39, 0.29) is 12.6 Å². The standard InChI is InChI=1S/C58H118O3/c1-9-13-17-21-25-27-29-31-33-37-43-53(5)51-55(7)45-41-47-57(59-49-39-35-23-19-15-11-3)61-58(60-50-40-36-24-20-16-12-4)48-42-46-56(8)52-54(6)44-38-34-32-30-28-26-22-18-14-10-2/h53-58H,9-52H2,1-8H3. The van der Waals surface area contributed by atoms with Gasteiger partial charge in [0, 0.05) is 13.2 Å². The summed E-state index contributed by atoms with van der Waals surface area (Å²) in [6.07, 6.45) is 56.4. The SMILES string of the molecule is CCCCCCCCCCCCC(C)CC(C)CCCC(OCCCCCCCC)OC(CCCC(C)CC(C)CCCCCCCCCCCC)OCCCCCCCC. The predicted octanol–water partition coefficient (Wildman–Crippen LogP) is 20.7. The van der Waals surface area contributed by atoms with Crippen LogP contribution in [0.25, 0.3) is 0 Å². The van der Waals surface area contributed by atoms with Crippen LogP contribution >= 0.6 is 0 Å². The van der Waals surface area contributed by atoms with E-state index in [1.807, 2.05) is 0 Å². The van der Waals surface area contributed by atoms with Crippen LogP contribution in [-0.2, 0) is 14.2 Å². The molecule has 0 aromatic carbocycles. The maximum absolute atomic E-state index is 6.86. The third-order valence-corrected chi connectivity index (χ3v) is 13.9. The van der Waals surface area contributed by atoms with E-state index >= 15 is 0 Å². The molecule has 0 amide bonds. The van der Waals surface area contributed by atoms with Crippen molar-refractivity contribution < 1.29 is 14.2 Å². The summed E-state index contributed by atoms with van der Waals surface area (Å²) in [5.74, 6) is 3.21. The summed E-state index contributed by atoms with van der Waals surface area (Å²) in [5.41, 5.74) is 0. The Morgan fingerprint density at radius 2 is 0.475 bits per heavy atom. The van der Waals surface area contributed by atoms with Gasteiger partial charge in [0.25, 0.3) is 0 Å². The fourth-order valence-corrected chi connectivity index (χ4v) is 9.82. The molecule has 368 valence electrons. The zero-order chi connectivity index (χ0) is 44.7. The lowest BCUT2D eigenvalue weighted by molar-refractivity contribution is -0.250. The van der Waals surface area contributed by atoms with Crippen LogP contribution in [0, 0.1) is 23.7 Å². The minimum absolute atomic E-state index is 0.139. The third kappa shape index (κ3) is 46.2. The van der Waals surface area contributed by atoms with Crippen molar-refractivity contribution in [1.29, 1.82) is 0 Å². The Balaban J connectivity index is 4.92. The van der Waals surface area contributed by atoms with Gasteiger partial charge in [-0.05, 0) is 75.0 Å². The zero-order valence-electron chi connectivity index (χ0n) is 43.8. The first kappa shape index (κ1) is 60.9. The summed E-state index contributed by atoms with van der Waals surface area (Å²) >= 11 is 0. The van der Waals surface area contributed by atoms with Gasteiger partial charge in [0.1, 0.15) is 0 Å². The summed E-state index contributed by atoms with van der Waals surface area (Å²) in [6.45, 7) is 20.9. The average Bonchev–Trinajstić information content (AvgIpc) is 3.24. The van der Waals surface area contributed by atoms with E-state index < -0.39 is 0 Å². The van der Waals surface area contributed by atoms with Gasteiger partial charge in [-0.3, -0.25) is 0 Å². The second kappa shape index (κ2) is 49.3. The molecule has 0 rings (SSSR count). The first-order chi connectivity index (χ1) is 29.9. The van der Waals surface area contributed by atoms with Crippen molar-refractivity contribution in [3.05, 3.63) is 0 Å². The molecule has 0 aliphatic heterocycles. The first-order valence-electron chi connectivity index (χ1n) is 28.7. The van der Waals surface area contributed by atoms with Crippen LogP contribution in [0.15, 0.2) is 0 Å². The molecule has 0 fully saturated rings. The molecule has 0 aliphatic rings. The normalized spacial score (nSPS) is 15.0. The van der Waals surface area contributed by atoms with Gasteiger partial charge in [0.2, 0.25) is 0 Å². The highest BCUT2D eigenvalue weighted by atomic mass is 16.8. The van der Waals surface area contributed by atoms with Gasteiger partial charge < -0.3 is 14.2 Å². The molecule has 3 nitrogen and oxygen atoms in total. The molecule has 0 aromatic heterocycles. The molecule has 0 spiro atoms. The second-order valence-corrected chi connectivity index (χ2v) is 21.0. The van der Waals surface area contributed by atoms with Gasteiger partial charge in [-0.2, -0.15) is 0 Å². The lowest BCUT2D eigenvalue weighted by atomic mass is 9.89. The van der Waals surface area contributed by atoms with Crippen molar-refractivity contribution in [2.45, 2.75) is 338 Å². The van der Waals surface area contributed by atoms with Gasteiger partial charge in [-0.1, -0.05) is 274 Å². The van der Waals surface area contributed by atoms with E-state index in [1.165, 1.54) is 244 Å². The van der Waals surface area contributed by atoms with Crippen molar-refractivity contribution in [2.24, 2.45) is 23.7 Å². The van der Waals surface area contributed by atoms with Crippen molar-refractivity contribution in [3.63, 3.8) is 0 Å². The Hall–Kier alpha value is -0.120. The largest absolute Gasteiger partial charge is 0.353 e. The Morgan fingerprint density at radius 3 is 0.754 bits per heavy atom. The number of hydrogen-bond acceptors (Lipinski definition) is 3. The van der Waals surface area contributed by atoms with Crippen molar-refractivity contribution in [3.8, 4) is 0 Å². The van der Waals surface area contributed by atoms with E-state index in [0.29, 0.717) is 0 Å². The Kier molecular flexibility index (Phi) is 49.2. The lowest BCUT2D eigenvalue weighted by Crippen LogP contribution is -2.28. The molecule has 3 heteroatoms. The quantitative estimate of drug-likeness (QED) is 0.0450. The van der Waals surface area contributed by atoms with Gasteiger partial charge in [0.15, 0.2) is 12.6 Å². The Labute approximate surface area is 387 Å². The Morgan fingerprint density at radius 1 is 0.246 bits per heavy atom. The molecule has 0 aromatic rings. The van der Waals surface area contributed by atoms with Crippen molar-refractivity contribution in [1.82, 2.24) is 0 Å². The molecule has 0 aliphatic carbocycles. The van der Waals surface area contributed by atoms with E-state index in [9.17, 15) is 0 Å². The van der Waals surface area contributed by atoms with Crippen LogP contribution in [-0.4, -0.2) is 25.8 Å². The number of hydrogen-bond donors (Lipinski definition) is 0. The molecule has 0 radical (unpaired) electrons. The third-order valence-electron chi connectivity index (χ3n) is 13.9. The van der Waals surface area contributed by atoms with Gasteiger partial charge in [0.05, 0.1) is 0 Å². The van der Waals surface area contributed by atoms with E-state index in [4.69, 9.17) is 14.2 Å². The van der Waals surface area contributed by atoms with E-state index in [1.54, 1.807) is 0 Å². The van der Waals surface area contributed by atoms with Gasteiger partial charge in [-0.15, -0.1) is 0 Å².